The number of aromatic nitrogens is 2. The molecule has 0 saturated heterocycles. The highest BCUT2D eigenvalue weighted by atomic mass is 15.2. The van der Waals surface area contributed by atoms with Crippen molar-refractivity contribution >= 4 is 100 Å². The van der Waals surface area contributed by atoms with Crippen molar-refractivity contribution in [1.82, 2.24) is 9.97 Å². The van der Waals surface area contributed by atoms with E-state index < -0.39 is 0 Å². The van der Waals surface area contributed by atoms with E-state index >= 15 is 0 Å². The predicted octanol–water partition coefficient (Wildman–Crippen LogP) is 24.9. The number of fused-ring (bicyclic) bond motifs is 10. The highest BCUT2D eigenvalue weighted by Gasteiger charge is 2.45. The van der Waals surface area contributed by atoms with E-state index in [0.29, 0.717) is 5.82 Å². The maximum Gasteiger partial charge on any atom is 0.252 e. The van der Waals surface area contributed by atoms with E-state index in [4.69, 9.17) is 9.97 Å². The number of hydrogen-bond acceptors (Lipinski definition) is 4. The monoisotopic (exact) mass is 1320 g/mol. The molecule has 15 rings (SSSR count). The number of rotatable bonds is 6. The zero-order valence-corrected chi connectivity index (χ0v) is 63.7. The summed E-state index contributed by atoms with van der Waals surface area (Å²) in [6, 6.07) is 84.8. The Morgan fingerprint density at radius 3 is 0.980 bits per heavy atom. The highest BCUT2D eigenvalue weighted by Crippen LogP contribution is 2.51. The summed E-state index contributed by atoms with van der Waals surface area (Å²) in [6.07, 6.45) is 0. The third-order valence-electron chi connectivity index (χ3n) is 21.8. The molecule has 1 aromatic heterocycles. The van der Waals surface area contributed by atoms with E-state index in [2.05, 4.69) is 374 Å². The van der Waals surface area contributed by atoms with Crippen molar-refractivity contribution in [1.29, 1.82) is 0 Å². The van der Waals surface area contributed by atoms with Crippen LogP contribution in [0.1, 0.15) is 184 Å². The first-order chi connectivity index (χ1) is 47.4. The average Bonchev–Trinajstić information content (AvgIpc) is 0.687. The van der Waals surface area contributed by atoms with E-state index in [1.54, 1.807) is 0 Å². The smallest absolute Gasteiger partial charge is 0.252 e. The lowest BCUT2D eigenvalue weighted by Crippen LogP contribution is -2.61. The first-order valence-electron chi connectivity index (χ1n) is 36.7. The predicted molar refractivity (Wildman–Crippen MR) is 439 cm³/mol. The fraction of sp³-hybridized carbons (Fsp3) is 0.292. The summed E-state index contributed by atoms with van der Waals surface area (Å²) in [6.45, 7) is 49.1. The summed E-state index contributed by atoms with van der Waals surface area (Å²) in [7, 11) is 0. The third-order valence-corrected chi connectivity index (χ3v) is 21.8. The summed E-state index contributed by atoms with van der Waals surface area (Å²) in [5.74, 6) is 0.664. The van der Waals surface area contributed by atoms with Crippen LogP contribution in [0.4, 0.5) is 34.1 Å². The third kappa shape index (κ3) is 12.2. The SMILES string of the molecule is CC(C)(C)c1cc(-c2ccccc2)cc(-c2cc(-c3cc(C(C)(C)C)cc(C(C)(C)C)c3)nc(-c3cc4c5c(c3)N(c3cc(C(C)(C)C)cc(C(C)(C)C)c3)c3cc6c(ccc7ccccc76)cc3B5c3cc5ccc6ccccc6c5cc3N4c3cc(C(C)(C)C)cc(C(C)(C)C)c3)n2)c1. The van der Waals surface area contributed by atoms with Crippen LogP contribution in [0.15, 0.2) is 218 Å². The molecule has 0 aliphatic carbocycles. The van der Waals surface area contributed by atoms with Crippen LogP contribution in [0.3, 0.4) is 0 Å². The maximum atomic E-state index is 6.03. The van der Waals surface area contributed by atoms with Crippen LogP contribution >= 0.6 is 0 Å². The van der Waals surface area contributed by atoms with Crippen molar-refractivity contribution in [3.05, 3.63) is 257 Å². The van der Waals surface area contributed by atoms with Crippen LogP contribution in [0.2, 0.25) is 0 Å². The second-order valence-corrected chi connectivity index (χ2v) is 36.6. The van der Waals surface area contributed by atoms with Gasteiger partial charge in [-0.1, -0.05) is 285 Å². The van der Waals surface area contributed by atoms with Crippen LogP contribution in [-0.4, -0.2) is 16.7 Å². The number of anilines is 6. The molecule has 13 aromatic rings. The average molecular weight is 1320 g/mol. The lowest BCUT2D eigenvalue weighted by molar-refractivity contribution is 0.568. The van der Waals surface area contributed by atoms with E-state index in [1.807, 2.05) is 0 Å². The van der Waals surface area contributed by atoms with Crippen LogP contribution in [0, 0.1) is 0 Å². The van der Waals surface area contributed by atoms with Gasteiger partial charge in [0.1, 0.15) is 0 Å². The molecule has 0 amide bonds. The van der Waals surface area contributed by atoms with E-state index in [9.17, 15) is 0 Å². The Morgan fingerprint density at radius 1 is 0.248 bits per heavy atom. The van der Waals surface area contributed by atoms with Crippen LogP contribution < -0.4 is 26.2 Å². The molecule has 0 spiro atoms. The van der Waals surface area contributed by atoms with Gasteiger partial charge in [-0.2, -0.15) is 0 Å². The Balaban J connectivity index is 1.14. The molecule has 0 unspecified atom stereocenters. The first-order valence-corrected chi connectivity index (χ1v) is 36.7. The fourth-order valence-corrected chi connectivity index (χ4v) is 15.4. The summed E-state index contributed by atoms with van der Waals surface area (Å²) in [5, 5.41) is 9.82. The second kappa shape index (κ2) is 23.5. The Morgan fingerprint density at radius 2 is 0.584 bits per heavy atom. The molecule has 2 aliphatic rings. The molecule has 2 aliphatic heterocycles. The molecule has 4 nitrogen and oxygen atoms in total. The Labute approximate surface area is 602 Å². The van der Waals surface area contributed by atoms with E-state index in [0.717, 1.165) is 56.4 Å². The summed E-state index contributed by atoms with van der Waals surface area (Å²) in [4.78, 5) is 17.4. The molecule has 0 atom stereocenters. The minimum atomic E-state index is -0.200. The van der Waals surface area contributed by atoms with E-state index in [1.165, 1.54) is 115 Å². The molecular formula is C96H99BN4. The van der Waals surface area contributed by atoms with Gasteiger partial charge in [0.25, 0.3) is 6.71 Å². The lowest BCUT2D eigenvalue weighted by Gasteiger charge is -2.45. The Bertz CT molecular complexity index is 5200. The van der Waals surface area contributed by atoms with Gasteiger partial charge in [-0.25, -0.2) is 9.97 Å². The summed E-state index contributed by atoms with van der Waals surface area (Å²) >= 11 is 0. The molecule has 0 radical (unpaired) electrons. The van der Waals surface area contributed by atoms with Gasteiger partial charge in [-0.05, 0) is 226 Å². The topological polar surface area (TPSA) is 32.3 Å². The van der Waals surface area contributed by atoms with Gasteiger partial charge < -0.3 is 9.80 Å². The molecule has 12 aromatic carbocycles. The summed E-state index contributed by atoms with van der Waals surface area (Å²) < 4.78 is 0. The van der Waals surface area contributed by atoms with Gasteiger partial charge in [-0.15, -0.1) is 0 Å². The molecule has 0 fully saturated rings. The molecule has 101 heavy (non-hydrogen) atoms. The molecule has 3 heterocycles. The molecular weight excluding hydrogens is 1220 g/mol. The molecule has 0 saturated carbocycles. The molecule has 5 heteroatoms. The molecule has 0 N–H and O–H groups in total. The Kier molecular flexibility index (Phi) is 15.6. The second-order valence-electron chi connectivity index (χ2n) is 36.6. The van der Waals surface area contributed by atoms with Crippen molar-refractivity contribution in [2.24, 2.45) is 0 Å². The minimum absolute atomic E-state index is 0.138. The van der Waals surface area contributed by atoms with Gasteiger partial charge in [0, 0.05) is 50.8 Å². The van der Waals surface area contributed by atoms with Crippen LogP contribution in [0.25, 0.3) is 88.1 Å². The zero-order valence-electron chi connectivity index (χ0n) is 63.7. The molecule has 0 bridgehead atoms. The van der Waals surface area contributed by atoms with Crippen LogP contribution in [-0.2, 0) is 37.9 Å². The van der Waals surface area contributed by atoms with E-state index in [-0.39, 0.29) is 44.6 Å². The van der Waals surface area contributed by atoms with Crippen molar-refractivity contribution in [2.45, 2.75) is 183 Å². The Hall–Kier alpha value is -9.58. The highest BCUT2D eigenvalue weighted by molar-refractivity contribution is 7.00. The van der Waals surface area contributed by atoms with Crippen molar-refractivity contribution < 1.29 is 0 Å². The number of nitrogens with zero attached hydrogens (tertiary/aromatic N) is 4. The quantitative estimate of drug-likeness (QED) is 0.123. The largest absolute Gasteiger partial charge is 0.311 e. The van der Waals surface area contributed by atoms with Crippen molar-refractivity contribution in [3.8, 4) is 45.0 Å². The number of hydrogen-bond donors (Lipinski definition) is 0. The van der Waals surface area contributed by atoms with Crippen molar-refractivity contribution in [3.63, 3.8) is 0 Å². The van der Waals surface area contributed by atoms with Gasteiger partial charge in [0.05, 0.1) is 11.4 Å². The standard InChI is InChI=1S/C96H99BN4/c1-90(2,3)67-40-63(58-29-23-22-24-30-58)39-64(41-67)82-57-83(65-42-68(91(4,5)6)48-69(43-65)92(7,8)9)99-89(98-82)66-46-86-88-87(47-66)101(75-53-72(95(16,17)18)50-73(54-75)96(19,20)21)85-56-79-62(38-36-60-32-26-28-34-77(60)79)45-81(85)97(88)80-44-61-37-35-59-31-25-27-33-76(59)78(61)55-84(80)100(86)74-51-70(93(10,11)12)49-71(52-74)94(13,14)15/h22-57H,1-21H3. The minimum Gasteiger partial charge on any atom is -0.311 e. The van der Waals surface area contributed by atoms with Gasteiger partial charge in [0.15, 0.2) is 5.82 Å². The van der Waals surface area contributed by atoms with Gasteiger partial charge in [-0.3, -0.25) is 0 Å². The fourth-order valence-electron chi connectivity index (χ4n) is 15.4. The van der Waals surface area contributed by atoms with Gasteiger partial charge in [0.2, 0.25) is 0 Å². The summed E-state index contributed by atoms with van der Waals surface area (Å²) in [5.41, 5.74) is 25.6. The first kappa shape index (κ1) is 67.3. The van der Waals surface area contributed by atoms with Crippen molar-refractivity contribution in [2.75, 3.05) is 9.80 Å². The van der Waals surface area contributed by atoms with Gasteiger partial charge >= 0.3 is 0 Å². The lowest BCUT2D eigenvalue weighted by atomic mass is 9.33. The maximum absolute atomic E-state index is 6.03. The normalized spacial score (nSPS) is 13.7. The van der Waals surface area contributed by atoms with Crippen LogP contribution in [0.5, 0.6) is 0 Å². The molecule has 506 valence electrons. The number of benzene rings is 12. The zero-order chi connectivity index (χ0) is 71.6.